The highest BCUT2D eigenvalue weighted by Crippen LogP contribution is 2.13. The first-order valence-corrected chi connectivity index (χ1v) is 4.51. The normalized spacial score (nSPS) is 17.6. The summed E-state index contributed by atoms with van der Waals surface area (Å²) in [6, 6.07) is 0. The van der Waals surface area contributed by atoms with Crippen LogP contribution in [0.3, 0.4) is 0 Å². The number of nitrogens with two attached hydrogens (primary N) is 1. The average Bonchev–Trinajstić information content (AvgIpc) is 2.17. The number of likely N-dealkylation sites (tertiary alicyclic amines) is 1. The molecule has 2 N–H and O–H groups in total. The molecule has 1 heterocycles. The predicted octanol–water partition coefficient (Wildman–Crippen LogP) is 0.259. The monoisotopic (exact) mass is 198 g/mol. The second-order valence-electron chi connectivity index (χ2n) is 3.17. The fraction of sp³-hybridized carbons (Fsp3) is 0.556. The van der Waals surface area contributed by atoms with Crippen molar-refractivity contribution in [1.82, 2.24) is 4.90 Å². The van der Waals surface area contributed by atoms with E-state index in [2.05, 4.69) is 6.58 Å². The number of nitrogens with zero attached hydrogens (tertiary/aromatic N) is 1. The van der Waals surface area contributed by atoms with Gasteiger partial charge in [-0.05, 0) is 6.08 Å². The van der Waals surface area contributed by atoms with Crippen LogP contribution in [0.25, 0.3) is 0 Å². The minimum absolute atomic E-state index is 0.0810. The van der Waals surface area contributed by atoms with Gasteiger partial charge in [0.05, 0.1) is 0 Å². The molecule has 1 aliphatic rings. The van der Waals surface area contributed by atoms with Crippen molar-refractivity contribution in [3.63, 3.8) is 0 Å². The van der Waals surface area contributed by atoms with Crippen molar-refractivity contribution in [1.29, 1.82) is 0 Å². The van der Waals surface area contributed by atoms with E-state index in [4.69, 9.17) is 10.5 Å². The number of amides is 2. The molecule has 0 saturated carbocycles. The maximum atomic E-state index is 11.2. The van der Waals surface area contributed by atoms with Crippen molar-refractivity contribution < 1.29 is 14.3 Å². The van der Waals surface area contributed by atoms with Crippen LogP contribution in [0.4, 0.5) is 4.79 Å². The van der Waals surface area contributed by atoms with Gasteiger partial charge in [-0.15, -0.1) is 0 Å². The Bertz CT molecular complexity index is 244. The van der Waals surface area contributed by atoms with Crippen molar-refractivity contribution >= 4 is 12.0 Å². The van der Waals surface area contributed by atoms with Gasteiger partial charge in [0.25, 0.3) is 0 Å². The predicted molar refractivity (Wildman–Crippen MR) is 50.5 cm³/mol. The number of primary amides is 1. The second kappa shape index (κ2) is 4.64. The second-order valence-corrected chi connectivity index (χ2v) is 3.17. The zero-order valence-corrected chi connectivity index (χ0v) is 7.94. The molecule has 1 aliphatic heterocycles. The summed E-state index contributed by atoms with van der Waals surface area (Å²) < 4.78 is 4.83. The van der Waals surface area contributed by atoms with Crippen LogP contribution in [0.2, 0.25) is 0 Å². The summed E-state index contributed by atoms with van der Waals surface area (Å²) >= 11 is 0. The molecule has 14 heavy (non-hydrogen) atoms. The number of hydrogen-bond donors (Lipinski definition) is 1. The lowest BCUT2D eigenvalue weighted by Gasteiger charge is -2.30. The Morgan fingerprint density at radius 2 is 2.00 bits per heavy atom. The van der Waals surface area contributed by atoms with Crippen molar-refractivity contribution in [2.75, 3.05) is 13.1 Å². The number of carbonyl (C=O) groups is 2. The van der Waals surface area contributed by atoms with E-state index < -0.39 is 6.09 Å². The molecule has 0 unspecified atom stereocenters. The standard InChI is InChI=1S/C9H14N2O3/c1-2-8(12)11-5-3-7(4-6-11)14-9(10)13/h2,7H,1,3-6H2,(H2,10,13). The van der Waals surface area contributed by atoms with E-state index in [0.717, 1.165) is 0 Å². The number of piperidine rings is 1. The molecule has 0 bridgehead atoms. The molecule has 2 amide bonds. The topological polar surface area (TPSA) is 72.6 Å². The Labute approximate surface area is 82.5 Å². The molecule has 0 aromatic heterocycles. The van der Waals surface area contributed by atoms with Crippen LogP contribution in [0, 0.1) is 0 Å². The van der Waals surface area contributed by atoms with Gasteiger partial charge in [0.1, 0.15) is 6.10 Å². The van der Waals surface area contributed by atoms with Crippen LogP contribution in [0.1, 0.15) is 12.8 Å². The molecule has 1 saturated heterocycles. The minimum Gasteiger partial charge on any atom is -0.446 e. The van der Waals surface area contributed by atoms with Crippen molar-refractivity contribution in [2.45, 2.75) is 18.9 Å². The minimum atomic E-state index is -0.751. The Kier molecular flexibility index (Phi) is 3.50. The molecule has 5 heteroatoms. The van der Waals surface area contributed by atoms with Gasteiger partial charge >= 0.3 is 6.09 Å². The first kappa shape index (κ1) is 10.6. The van der Waals surface area contributed by atoms with Crippen molar-refractivity contribution in [3.05, 3.63) is 12.7 Å². The lowest BCUT2D eigenvalue weighted by Crippen LogP contribution is -2.41. The third-order valence-corrected chi connectivity index (χ3v) is 2.21. The molecular formula is C9H14N2O3. The fourth-order valence-corrected chi connectivity index (χ4v) is 1.49. The van der Waals surface area contributed by atoms with Crippen LogP contribution >= 0.6 is 0 Å². The number of carbonyl (C=O) groups excluding carboxylic acids is 2. The summed E-state index contributed by atoms with van der Waals surface area (Å²) in [6.07, 6.45) is 1.67. The Morgan fingerprint density at radius 3 is 2.43 bits per heavy atom. The molecule has 0 aromatic rings. The highest BCUT2D eigenvalue weighted by molar-refractivity contribution is 5.87. The summed E-state index contributed by atoms with van der Waals surface area (Å²) in [6.45, 7) is 4.58. The summed E-state index contributed by atoms with van der Waals surface area (Å²) in [5, 5.41) is 0. The van der Waals surface area contributed by atoms with Crippen LogP contribution in [-0.4, -0.2) is 36.1 Å². The van der Waals surface area contributed by atoms with E-state index in [1.807, 2.05) is 0 Å². The first-order valence-electron chi connectivity index (χ1n) is 4.51. The smallest absolute Gasteiger partial charge is 0.404 e. The largest absolute Gasteiger partial charge is 0.446 e. The quantitative estimate of drug-likeness (QED) is 0.647. The van der Waals surface area contributed by atoms with E-state index in [9.17, 15) is 9.59 Å². The van der Waals surface area contributed by atoms with Crippen LogP contribution in [0.5, 0.6) is 0 Å². The zero-order chi connectivity index (χ0) is 10.6. The third-order valence-electron chi connectivity index (χ3n) is 2.21. The Morgan fingerprint density at radius 1 is 1.43 bits per heavy atom. The average molecular weight is 198 g/mol. The number of hydrogen-bond acceptors (Lipinski definition) is 3. The van der Waals surface area contributed by atoms with Crippen LogP contribution < -0.4 is 5.73 Å². The molecule has 5 nitrogen and oxygen atoms in total. The molecule has 0 aromatic carbocycles. The van der Waals surface area contributed by atoms with Crippen molar-refractivity contribution in [2.24, 2.45) is 5.73 Å². The van der Waals surface area contributed by atoms with E-state index in [-0.39, 0.29) is 12.0 Å². The van der Waals surface area contributed by atoms with Crippen molar-refractivity contribution in [3.8, 4) is 0 Å². The highest BCUT2D eigenvalue weighted by atomic mass is 16.6. The zero-order valence-electron chi connectivity index (χ0n) is 7.94. The summed E-state index contributed by atoms with van der Waals surface area (Å²) in [5.41, 5.74) is 4.89. The lowest BCUT2D eigenvalue weighted by molar-refractivity contribution is -0.127. The van der Waals surface area contributed by atoms with E-state index in [0.29, 0.717) is 25.9 Å². The third kappa shape index (κ3) is 2.76. The SMILES string of the molecule is C=CC(=O)N1CCC(OC(N)=O)CC1. The van der Waals surface area contributed by atoms with E-state index in [1.54, 1.807) is 4.90 Å². The summed E-state index contributed by atoms with van der Waals surface area (Å²) in [5.74, 6) is -0.0810. The van der Waals surface area contributed by atoms with Gasteiger partial charge in [-0.1, -0.05) is 6.58 Å². The maximum absolute atomic E-state index is 11.2. The summed E-state index contributed by atoms with van der Waals surface area (Å²) in [4.78, 5) is 23.3. The first-order chi connectivity index (χ1) is 6.63. The molecule has 0 aliphatic carbocycles. The molecule has 0 atom stereocenters. The fourth-order valence-electron chi connectivity index (χ4n) is 1.49. The molecule has 1 fully saturated rings. The van der Waals surface area contributed by atoms with E-state index >= 15 is 0 Å². The van der Waals surface area contributed by atoms with Gasteiger partial charge in [-0.3, -0.25) is 4.79 Å². The van der Waals surface area contributed by atoms with Crippen LogP contribution in [0.15, 0.2) is 12.7 Å². The molecule has 0 spiro atoms. The molecule has 1 rings (SSSR count). The molecule has 78 valence electrons. The number of ether oxygens (including phenoxy) is 1. The summed E-state index contributed by atoms with van der Waals surface area (Å²) in [7, 11) is 0. The van der Waals surface area contributed by atoms with Gasteiger partial charge < -0.3 is 15.4 Å². The molecular weight excluding hydrogens is 184 g/mol. The number of rotatable bonds is 2. The highest BCUT2D eigenvalue weighted by Gasteiger charge is 2.23. The Balaban J connectivity index is 2.34. The van der Waals surface area contributed by atoms with Crippen LogP contribution in [-0.2, 0) is 9.53 Å². The van der Waals surface area contributed by atoms with Gasteiger partial charge in [-0.25, -0.2) is 4.79 Å². The van der Waals surface area contributed by atoms with Gasteiger partial charge in [0.2, 0.25) is 5.91 Å². The lowest BCUT2D eigenvalue weighted by atomic mass is 10.1. The molecule has 0 radical (unpaired) electrons. The van der Waals surface area contributed by atoms with Gasteiger partial charge in [-0.2, -0.15) is 0 Å². The van der Waals surface area contributed by atoms with E-state index in [1.165, 1.54) is 6.08 Å². The van der Waals surface area contributed by atoms with Gasteiger partial charge in [0, 0.05) is 25.9 Å². The van der Waals surface area contributed by atoms with Gasteiger partial charge in [0.15, 0.2) is 0 Å². The maximum Gasteiger partial charge on any atom is 0.404 e. The Hall–Kier alpha value is -1.52.